The van der Waals surface area contributed by atoms with Crippen molar-refractivity contribution in [2.75, 3.05) is 37.8 Å². The van der Waals surface area contributed by atoms with Crippen LogP contribution in [0.3, 0.4) is 0 Å². The van der Waals surface area contributed by atoms with Crippen molar-refractivity contribution in [3.63, 3.8) is 0 Å². The van der Waals surface area contributed by atoms with Crippen LogP contribution in [0.2, 0.25) is 0 Å². The van der Waals surface area contributed by atoms with Crippen LogP contribution in [0.5, 0.6) is 0 Å². The summed E-state index contributed by atoms with van der Waals surface area (Å²) in [4.78, 5) is 18.4. The Hall–Kier alpha value is -1.34. The number of aliphatic hydroxyl groups excluding tert-OH is 1. The molecule has 0 unspecified atom stereocenters. The maximum atomic E-state index is 12.3. The maximum absolute atomic E-state index is 12.3. The van der Waals surface area contributed by atoms with Gasteiger partial charge in [-0.3, -0.25) is 4.79 Å². The summed E-state index contributed by atoms with van der Waals surface area (Å²) in [6.45, 7) is 2.96. The molecule has 1 heterocycles. The molecule has 0 bridgehead atoms. The van der Waals surface area contributed by atoms with Gasteiger partial charge in [-0.1, -0.05) is 24.7 Å². The molecule has 18 heavy (non-hydrogen) atoms. The molecule has 1 aromatic rings. The van der Waals surface area contributed by atoms with Crippen LogP contribution in [0.15, 0.2) is 0 Å². The predicted molar refractivity (Wildman–Crippen MR) is 74.0 cm³/mol. The molecule has 1 rings (SSSR count). The van der Waals surface area contributed by atoms with Crippen molar-refractivity contribution in [1.29, 1.82) is 0 Å². The molecule has 0 aliphatic rings. The number of nitrogens with zero attached hydrogens (tertiary/aromatic N) is 2. The van der Waals surface area contributed by atoms with E-state index >= 15 is 0 Å². The van der Waals surface area contributed by atoms with Gasteiger partial charge in [0.05, 0.1) is 6.61 Å². The minimum atomic E-state index is -0.158. The molecule has 102 valence electrons. The second-order valence-corrected chi connectivity index (χ2v) is 4.85. The highest BCUT2D eigenvalue weighted by atomic mass is 32.1. The van der Waals surface area contributed by atoms with E-state index in [1.807, 2.05) is 0 Å². The Kier molecular flexibility index (Phi) is 5.87. The third-order valence-electron chi connectivity index (χ3n) is 2.50. The SMILES string of the molecule is CCCCN(CCO)C(=O)c1sc(NC)nc1N. The second-order valence-electron chi connectivity index (χ2n) is 3.85. The second kappa shape index (κ2) is 7.17. The van der Waals surface area contributed by atoms with Gasteiger partial charge in [0.25, 0.3) is 5.91 Å². The van der Waals surface area contributed by atoms with Crippen molar-refractivity contribution < 1.29 is 9.90 Å². The number of hydrogen-bond donors (Lipinski definition) is 3. The Balaban J connectivity index is 2.83. The lowest BCUT2D eigenvalue weighted by Crippen LogP contribution is -2.34. The Morgan fingerprint density at radius 1 is 1.56 bits per heavy atom. The van der Waals surface area contributed by atoms with Gasteiger partial charge in [-0.15, -0.1) is 0 Å². The number of carbonyl (C=O) groups excluding carboxylic acids is 1. The molecule has 0 saturated carbocycles. The van der Waals surface area contributed by atoms with Crippen LogP contribution in [0, 0.1) is 0 Å². The Morgan fingerprint density at radius 3 is 2.78 bits per heavy atom. The fourth-order valence-electron chi connectivity index (χ4n) is 1.52. The van der Waals surface area contributed by atoms with Crippen molar-refractivity contribution >= 4 is 28.2 Å². The zero-order valence-corrected chi connectivity index (χ0v) is 11.6. The lowest BCUT2D eigenvalue weighted by Gasteiger charge is -2.20. The van der Waals surface area contributed by atoms with E-state index in [9.17, 15) is 4.79 Å². The van der Waals surface area contributed by atoms with Crippen LogP contribution in [0.1, 0.15) is 29.4 Å². The number of nitrogens with two attached hydrogens (primary N) is 1. The first-order chi connectivity index (χ1) is 8.63. The minimum Gasteiger partial charge on any atom is -0.395 e. The molecule has 0 spiro atoms. The van der Waals surface area contributed by atoms with E-state index in [-0.39, 0.29) is 18.3 Å². The minimum absolute atomic E-state index is 0.0486. The summed E-state index contributed by atoms with van der Waals surface area (Å²) in [5, 5.41) is 12.5. The molecule has 4 N–H and O–H groups in total. The van der Waals surface area contributed by atoms with Gasteiger partial charge in [0.15, 0.2) is 5.13 Å². The third kappa shape index (κ3) is 3.58. The summed E-state index contributed by atoms with van der Waals surface area (Å²) in [5.41, 5.74) is 5.73. The highest BCUT2D eigenvalue weighted by Gasteiger charge is 2.21. The van der Waals surface area contributed by atoms with Crippen molar-refractivity contribution in [2.24, 2.45) is 0 Å². The number of unbranched alkanes of at least 4 members (excludes halogenated alkanes) is 1. The van der Waals surface area contributed by atoms with E-state index < -0.39 is 0 Å². The fourth-order valence-corrected chi connectivity index (χ4v) is 2.33. The van der Waals surface area contributed by atoms with E-state index in [4.69, 9.17) is 10.8 Å². The summed E-state index contributed by atoms with van der Waals surface area (Å²) in [5.74, 6) is 0.0859. The van der Waals surface area contributed by atoms with E-state index in [0.29, 0.717) is 23.1 Å². The van der Waals surface area contributed by atoms with E-state index in [1.165, 1.54) is 11.3 Å². The number of aliphatic hydroxyl groups is 1. The van der Waals surface area contributed by atoms with Crippen molar-refractivity contribution in [3.8, 4) is 0 Å². The van der Waals surface area contributed by atoms with Gasteiger partial charge in [-0.25, -0.2) is 4.98 Å². The molecule has 1 aromatic heterocycles. The quantitative estimate of drug-likeness (QED) is 0.689. The first-order valence-corrected chi connectivity index (χ1v) is 6.79. The number of nitrogen functional groups attached to an aromatic ring is 1. The summed E-state index contributed by atoms with van der Waals surface area (Å²) in [6.07, 6.45) is 1.90. The van der Waals surface area contributed by atoms with Crippen LogP contribution in [-0.4, -0.2) is 47.6 Å². The topological polar surface area (TPSA) is 91.5 Å². The fraction of sp³-hybridized carbons (Fsp3) is 0.636. The molecule has 0 aliphatic heterocycles. The van der Waals surface area contributed by atoms with Crippen LogP contribution in [0.25, 0.3) is 0 Å². The molecule has 0 fully saturated rings. The van der Waals surface area contributed by atoms with Crippen molar-refractivity contribution in [2.45, 2.75) is 19.8 Å². The lowest BCUT2D eigenvalue weighted by molar-refractivity contribution is 0.0725. The van der Waals surface area contributed by atoms with Crippen LogP contribution in [-0.2, 0) is 0 Å². The van der Waals surface area contributed by atoms with Gasteiger partial charge in [0.2, 0.25) is 0 Å². The largest absolute Gasteiger partial charge is 0.395 e. The van der Waals surface area contributed by atoms with E-state index in [2.05, 4.69) is 17.2 Å². The smallest absolute Gasteiger partial charge is 0.267 e. The summed E-state index contributed by atoms with van der Waals surface area (Å²) >= 11 is 1.24. The Bertz CT molecular complexity index is 394. The van der Waals surface area contributed by atoms with Crippen LogP contribution >= 0.6 is 11.3 Å². The normalized spacial score (nSPS) is 10.4. The average Bonchev–Trinajstić information content (AvgIpc) is 2.75. The third-order valence-corrected chi connectivity index (χ3v) is 3.58. The molecule has 0 atom stereocenters. The van der Waals surface area contributed by atoms with Crippen molar-refractivity contribution in [3.05, 3.63) is 4.88 Å². The predicted octanol–water partition coefficient (Wildman–Crippen LogP) is 1.00. The number of anilines is 2. The van der Waals surface area contributed by atoms with Gasteiger partial charge in [0.1, 0.15) is 10.7 Å². The van der Waals surface area contributed by atoms with E-state index in [1.54, 1.807) is 11.9 Å². The number of carbonyl (C=O) groups is 1. The van der Waals surface area contributed by atoms with Crippen LogP contribution in [0.4, 0.5) is 10.9 Å². The molecule has 0 aromatic carbocycles. The highest BCUT2D eigenvalue weighted by Crippen LogP contribution is 2.25. The highest BCUT2D eigenvalue weighted by molar-refractivity contribution is 7.18. The molecular formula is C11H20N4O2S. The zero-order valence-electron chi connectivity index (χ0n) is 10.8. The number of aromatic nitrogens is 1. The Morgan fingerprint density at radius 2 is 2.28 bits per heavy atom. The van der Waals surface area contributed by atoms with Gasteiger partial charge >= 0.3 is 0 Å². The van der Waals surface area contributed by atoms with Gasteiger partial charge < -0.3 is 21.1 Å². The number of rotatable bonds is 7. The molecule has 7 heteroatoms. The molecule has 0 saturated heterocycles. The van der Waals surface area contributed by atoms with Crippen molar-refractivity contribution in [1.82, 2.24) is 9.88 Å². The zero-order chi connectivity index (χ0) is 13.5. The number of amides is 1. The first-order valence-electron chi connectivity index (χ1n) is 5.98. The number of thiazole rings is 1. The Labute approximate surface area is 111 Å². The number of nitrogens with one attached hydrogen (secondary N) is 1. The first kappa shape index (κ1) is 14.7. The summed E-state index contributed by atoms with van der Waals surface area (Å²) < 4.78 is 0. The van der Waals surface area contributed by atoms with E-state index in [0.717, 1.165) is 12.8 Å². The molecule has 1 amide bonds. The average molecular weight is 272 g/mol. The molecular weight excluding hydrogens is 252 g/mol. The van der Waals surface area contributed by atoms with Gasteiger partial charge in [0, 0.05) is 20.1 Å². The summed E-state index contributed by atoms with van der Waals surface area (Å²) in [6, 6.07) is 0. The van der Waals surface area contributed by atoms with Gasteiger partial charge in [-0.05, 0) is 6.42 Å². The molecule has 0 radical (unpaired) electrons. The van der Waals surface area contributed by atoms with Crippen LogP contribution < -0.4 is 11.1 Å². The summed E-state index contributed by atoms with van der Waals surface area (Å²) in [7, 11) is 1.73. The molecule has 6 nitrogen and oxygen atoms in total. The van der Waals surface area contributed by atoms with Gasteiger partial charge in [-0.2, -0.15) is 0 Å². The molecule has 0 aliphatic carbocycles. The standard InChI is InChI=1S/C11H20N4O2S/c1-3-4-5-15(6-7-16)10(17)8-9(12)14-11(13-2)18-8/h16H,3-7,12H2,1-2H3,(H,13,14). The maximum Gasteiger partial charge on any atom is 0.267 e. The lowest BCUT2D eigenvalue weighted by atomic mass is 10.3. The number of hydrogen-bond acceptors (Lipinski definition) is 6. The monoisotopic (exact) mass is 272 g/mol.